The first-order chi connectivity index (χ1) is 13.6. The molecule has 11 heteroatoms. The fourth-order valence-electron chi connectivity index (χ4n) is 4.54. The number of urea groups is 1. The minimum atomic E-state index is -4.53. The second kappa shape index (κ2) is 6.60. The molecule has 1 spiro atoms. The van der Waals surface area contributed by atoms with E-state index in [4.69, 9.17) is 10.5 Å². The summed E-state index contributed by atoms with van der Waals surface area (Å²) in [7, 11) is 0. The largest absolute Gasteiger partial charge is 0.474 e. The highest BCUT2D eigenvalue weighted by Gasteiger charge is 2.59. The molecule has 3 aliphatic rings. The molecule has 0 bridgehead atoms. The van der Waals surface area contributed by atoms with E-state index < -0.39 is 42.5 Å². The monoisotopic (exact) mass is 412 g/mol. The zero-order chi connectivity index (χ0) is 21.0. The Kier molecular flexibility index (Phi) is 4.43. The fraction of sp³-hybridized carbons (Fsp3) is 0.556. The molecule has 8 nitrogen and oxygen atoms in total. The van der Waals surface area contributed by atoms with Crippen LogP contribution in [0.3, 0.4) is 0 Å². The van der Waals surface area contributed by atoms with Gasteiger partial charge in [0.25, 0.3) is 11.8 Å². The lowest BCUT2D eigenvalue weighted by Crippen LogP contribution is -2.60. The van der Waals surface area contributed by atoms with Crippen LogP contribution in [0.4, 0.5) is 18.0 Å². The smallest absolute Gasteiger partial charge is 0.391 e. The molecule has 0 aromatic carbocycles. The number of primary amides is 1. The molecular formula is C18H19F3N4O4. The summed E-state index contributed by atoms with van der Waals surface area (Å²) < 4.78 is 43.4. The van der Waals surface area contributed by atoms with Crippen molar-refractivity contribution in [1.82, 2.24) is 15.2 Å². The summed E-state index contributed by atoms with van der Waals surface area (Å²) in [5, 5.41) is 2.12. The number of aromatic nitrogens is 1. The Bertz CT molecular complexity index is 861. The van der Waals surface area contributed by atoms with E-state index in [2.05, 4.69) is 10.3 Å². The summed E-state index contributed by atoms with van der Waals surface area (Å²) in [4.78, 5) is 40.6. The first-order valence-electron chi connectivity index (χ1n) is 9.19. The zero-order valence-electron chi connectivity index (χ0n) is 15.2. The highest BCUT2D eigenvalue weighted by Crippen LogP contribution is 2.58. The Morgan fingerprint density at radius 3 is 2.62 bits per heavy atom. The Morgan fingerprint density at radius 2 is 2.00 bits per heavy atom. The molecule has 2 aliphatic carbocycles. The molecule has 156 valence electrons. The summed E-state index contributed by atoms with van der Waals surface area (Å²) in [5.41, 5.74) is 5.38. The number of ether oxygens (including phenoxy) is 1. The van der Waals surface area contributed by atoms with Gasteiger partial charge in [-0.1, -0.05) is 0 Å². The maximum Gasteiger partial charge on any atom is 0.391 e. The van der Waals surface area contributed by atoms with Crippen molar-refractivity contribution in [3.05, 3.63) is 23.9 Å². The molecule has 3 N–H and O–H groups in total. The van der Waals surface area contributed by atoms with Gasteiger partial charge >= 0.3 is 12.2 Å². The van der Waals surface area contributed by atoms with E-state index in [0.29, 0.717) is 25.7 Å². The number of nitrogens with zero attached hydrogens (tertiary/aromatic N) is 2. The molecule has 29 heavy (non-hydrogen) atoms. The summed E-state index contributed by atoms with van der Waals surface area (Å²) in [5.74, 6) is -1.29. The maximum atomic E-state index is 12.5. The molecule has 1 aromatic heterocycles. The van der Waals surface area contributed by atoms with Crippen LogP contribution in [0.5, 0.6) is 5.88 Å². The lowest BCUT2D eigenvalue weighted by Gasteiger charge is -2.58. The number of nitrogens with one attached hydrogen (secondary N) is 1. The number of carbonyl (C=O) groups is 3. The van der Waals surface area contributed by atoms with Crippen LogP contribution in [0.15, 0.2) is 18.3 Å². The third-order valence-electron chi connectivity index (χ3n) is 5.83. The SMILES string of the molecule is NC(=O)c1cccnc1O[C@H]1CC2(C1)C[C@H](N1C(=O)N[C@@H](CC(F)(F)F)C1=O)C2. The molecule has 2 saturated carbocycles. The van der Waals surface area contributed by atoms with E-state index in [1.54, 1.807) is 6.07 Å². The molecular weight excluding hydrogens is 393 g/mol. The fourth-order valence-corrected chi connectivity index (χ4v) is 4.54. The average molecular weight is 412 g/mol. The van der Waals surface area contributed by atoms with Crippen molar-refractivity contribution in [3.8, 4) is 5.88 Å². The third kappa shape index (κ3) is 3.60. The summed E-state index contributed by atoms with van der Waals surface area (Å²) >= 11 is 0. The van der Waals surface area contributed by atoms with Crippen LogP contribution in [-0.2, 0) is 4.79 Å². The minimum Gasteiger partial charge on any atom is -0.474 e. The van der Waals surface area contributed by atoms with Gasteiger partial charge in [-0.15, -0.1) is 0 Å². The van der Waals surface area contributed by atoms with Crippen LogP contribution in [0.2, 0.25) is 0 Å². The van der Waals surface area contributed by atoms with E-state index in [1.807, 2.05) is 0 Å². The van der Waals surface area contributed by atoms with Gasteiger partial charge in [-0.3, -0.25) is 14.5 Å². The number of amides is 4. The van der Waals surface area contributed by atoms with Gasteiger partial charge in [0.05, 0.1) is 6.42 Å². The van der Waals surface area contributed by atoms with Crippen LogP contribution in [-0.4, -0.2) is 52.1 Å². The van der Waals surface area contributed by atoms with E-state index in [0.717, 1.165) is 4.90 Å². The number of nitrogens with two attached hydrogens (primary N) is 1. The van der Waals surface area contributed by atoms with Gasteiger partial charge in [0, 0.05) is 12.2 Å². The molecule has 4 amide bonds. The molecule has 1 aliphatic heterocycles. The van der Waals surface area contributed by atoms with E-state index in [-0.39, 0.29) is 23.0 Å². The number of carbonyl (C=O) groups excluding carboxylic acids is 3. The average Bonchev–Trinajstić information content (AvgIpc) is 2.81. The Hall–Kier alpha value is -2.85. The summed E-state index contributed by atoms with van der Waals surface area (Å²) in [6.45, 7) is 0. The lowest BCUT2D eigenvalue weighted by molar-refractivity contribution is -0.154. The highest BCUT2D eigenvalue weighted by molar-refractivity contribution is 6.04. The Morgan fingerprint density at radius 1 is 1.31 bits per heavy atom. The number of hydrogen-bond acceptors (Lipinski definition) is 5. The van der Waals surface area contributed by atoms with Crippen molar-refractivity contribution < 1.29 is 32.3 Å². The number of hydrogen-bond donors (Lipinski definition) is 2. The van der Waals surface area contributed by atoms with Gasteiger partial charge in [-0.25, -0.2) is 9.78 Å². The Labute approximate surface area is 163 Å². The molecule has 1 saturated heterocycles. The molecule has 0 unspecified atom stereocenters. The third-order valence-corrected chi connectivity index (χ3v) is 5.83. The Balaban J connectivity index is 1.31. The van der Waals surface area contributed by atoms with Gasteiger partial charge in [0.1, 0.15) is 17.7 Å². The van der Waals surface area contributed by atoms with E-state index >= 15 is 0 Å². The zero-order valence-corrected chi connectivity index (χ0v) is 15.2. The van der Waals surface area contributed by atoms with Gasteiger partial charge in [-0.2, -0.15) is 13.2 Å². The van der Waals surface area contributed by atoms with Gasteiger partial charge in [-0.05, 0) is 43.2 Å². The van der Waals surface area contributed by atoms with Gasteiger partial charge in [0.2, 0.25) is 5.88 Å². The van der Waals surface area contributed by atoms with Crippen LogP contribution in [0.25, 0.3) is 0 Å². The van der Waals surface area contributed by atoms with Crippen LogP contribution >= 0.6 is 0 Å². The van der Waals surface area contributed by atoms with Crippen LogP contribution in [0.1, 0.15) is 42.5 Å². The van der Waals surface area contributed by atoms with Gasteiger partial charge in [0.15, 0.2) is 0 Å². The first kappa shape index (κ1) is 19.5. The molecule has 4 rings (SSSR count). The van der Waals surface area contributed by atoms with Gasteiger partial charge < -0.3 is 15.8 Å². The van der Waals surface area contributed by atoms with E-state index in [9.17, 15) is 27.6 Å². The van der Waals surface area contributed by atoms with Crippen molar-refractivity contribution in [3.63, 3.8) is 0 Å². The van der Waals surface area contributed by atoms with Crippen molar-refractivity contribution in [1.29, 1.82) is 0 Å². The number of rotatable bonds is 5. The predicted molar refractivity (Wildman–Crippen MR) is 91.7 cm³/mol. The first-order valence-corrected chi connectivity index (χ1v) is 9.19. The second-order valence-electron chi connectivity index (χ2n) is 7.96. The van der Waals surface area contributed by atoms with Crippen molar-refractivity contribution in [2.75, 3.05) is 0 Å². The predicted octanol–water partition coefficient (Wildman–Crippen LogP) is 1.74. The minimum absolute atomic E-state index is 0.111. The van der Waals surface area contributed by atoms with E-state index in [1.165, 1.54) is 12.3 Å². The van der Waals surface area contributed by atoms with Crippen molar-refractivity contribution in [2.45, 2.75) is 56.5 Å². The van der Waals surface area contributed by atoms with Crippen molar-refractivity contribution >= 4 is 17.8 Å². The standard InChI is InChI=1S/C18H19F3N4O4/c19-18(20,21)8-12-15(27)25(16(28)24-12)9-4-17(5-9)6-10(7-17)29-14-11(13(22)26)2-1-3-23-14/h1-3,9-10,12H,4-8H2,(H2,22,26)(H,24,28)/t9-,10-,12-,17?/m0/s1. The second-order valence-corrected chi connectivity index (χ2v) is 7.96. The number of alkyl halides is 3. The normalized spacial score (nSPS) is 31.3. The van der Waals surface area contributed by atoms with Crippen LogP contribution in [0, 0.1) is 5.41 Å². The molecule has 0 radical (unpaired) electrons. The van der Waals surface area contributed by atoms with Crippen LogP contribution < -0.4 is 15.8 Å². The maximum absolute atomic E-state index is 12.5. The summed E-state index contributed by atoms with van der Waals surface area (Å²) in [6, 6.07) is 0.380. The topological polar surface area (TPSA) is 115 Å². The van der Waals surface area contributed by atoms with Crippen molar-refractivity contribution in [2.24, 2.45) is 11.1 Å². The molecule has 1 aromatic rings. The quantitative estimate of drug-likeness (QED) is 0.715. The molecule has 2 heterocycles. The number of pyridine rings is 1. The lowest BCUT2D eigenvalue weighted by atomic mass is 9.52. The highest BCUT2D eigenvalue weighted by atomic mass is 19.4. The molecule has 1 atom stereocenters. The summed E-state index contributed by atoms with van der Waals surface area (Å²) in [6.07, 6.45) is -2.24. The number of imide groups is 1. The molecule has 3 fully saturated rings. The number of halogens is 3.